The van der Waals surface area contributed by atoms with E-state index in [0.29, 0.717) is 0 Å². The molecule has 4 aromatic rings. The van der Waals surface area contributed by atoms with Gasteiger partial charge in [-0.2, -0.15) is 0 Å². The van der Waals surface area contributed by atoms with Crippen LogP contribution in [0.4, 0.5) is 0 Å². The van der Waals surface area contributed by atoms with Crippen LogP contribution in [0.1, 0.15) is 54.4 Å². The van der Waals surface area contributed by atoms with E-state index in [1.54, 1.807) is 11.8 Å². The van der Waals surface area contributed by atoms with Gasteiger partial charge < -0.3 is 0 Å². The molecule has 1 saturated carbocycles. The van der Waals surface area contributed by atoms with Crippen LogP contribution in [0.2, 0.25) is 0 Å². The summed E-state index contributed by atoms with van der Waals surface area (Å²) < 4.78 is 1.88. The lowest BCUT2D eigenvalue weighted by molar-refractivity contribution is 0.283. The van der Waals surface area contributed by atoms with Gasteiger partial charge in [0.1, 0.15) is 0 Å². The highest BCUT2D eigenvalue weighted by molar-refractivity contribution is 7.98. The van der Waals surface area contributed by atoms with Crippen LogP contribution in [-0.2, 0) is 17.6 Å². The van der Waals surface area contributed by atoms with E-state index in [1.165, 1.54) is 36.0 Å². The van der Waals surface area contributed by atoms with Gasteiger partial charge in [-0.15, -0.1) is 0 Å². The molecule has 35 heavy (non-hydrogen) atoms. The van der Waals surface area contributed by atoms with Crippen molar-refractivity contribution >= 4 is 11.8 Å². The normalized spacial score (nSPS) is 16.0. The summed E-state index contributed by atoms with van der Waals surface area (Å²) in [5.41, 5.74) is 7.71. The molecule has 0 aliphatic heterocycles. The third-order valence-electron chi connectivity index (χ3n) is 7.66. The number of thioether (sulfide) groups is 1. The molecule has 4 heteroatoms. The molecule has 2 aliphatic rings. The van der Waals surface area contributed by atoms with Crippen molar-refractivity contribution in [3.8, 4) is 16.9 Å². The van der Waals surface area contributed by atoms with Crippen LogP contribution in [0.15, 0.2) is 88.8 Å². The van der Waals surface area contributed by atoms with E-state index in [0.717, 1.165) is 52.7 Å². The Bertz CT molecular complexity index is 1430. The maximum Gasteiger partial charge on any atom is 0.263 e. The van der Waals surface area contributed by atoms with Crippen molar-refractivity contribution in [1.82, 2.24) is 9.55 Å². The highest BCUT2D eigenvalue weighted by Crippen LogP contribution is 2.49. The van der Waals surface area contributed by atoms with E-state index in [1.807, 2.05) is 34.9 Å². The monoisotopic (exact) mass is 478 g/mol. The molecule has 1 fully saturated rings. The lowest BCUT2D eigenvalue weighted by atomic mass is 9.62. The van der Waals surface area contributed by atoms with Crippen LogP contribution in [0.5, 0.6) is 0 Å². The number of hydrogen-bond acceptors (Lipinski definition) is 3. The summed E-state index contributed by atoms with van der Waals surface area (Å²) in [6.45, 7) is 2.12. The number of aryl methyl sites for hydroxylation is 1. The van der Waals surface area contributed by atoms with Crippen molar-refractivity contribution < 1.29 is 0 Å². The van der Waals surface area contributed by atoms with E-state index in [-0.39, 0.29) is 11.0 Å². The number of hydrogen-bond donors (Lipinski definition) is 0. The van der Waals surface area contributed by atoms with Gasteiger partial charge >= 0.3 is 0 Å². The molecular formula is C31H30N2OS. The number of aromatic nitrogens is 2. The minimum Gasteiger partial charge on any atom is -0.268 e. The van der Waals surface area contributed by atoms with Crippen LogP contribution < -0.4 is 5.56 Å². The summed E-state index contributed by atoms with van der Waals surface area (Å²) >= 11 is 1.65. The molecule has 176 valence electrons. The Kier molecular flexibility index (Phi) is 5.85. The zero-order valence-electron chi connectivity index (χ0n) is 20.2. The molecule has 3 nitrogen and oxygen atoms in total. The van der Waals surface area contributed by atoms with Gasteiger partial charge in [0.05, 0.1) is 16.9 Å². The van der Waals surface area contributed by atoms with E-state index in [9.17, 15) is 4.79 Å². The molecule has 0 unspecified atom stereocenters. The molecular weight excluding hydrogens is 448 g/mol. The Morgan fingerprint density at radius 2 is 1.69 bits per heavy atom. The molecule has 0 bridgehead atoms. The van der Waals surface area contributed by atoms with Crippen molar-refractivity contribution in [3.05, 3.63) is 111 Å². The average molecular weight is 479 g/mol. The molecule has 1 spiro atoms. The molecule has 0 atom stereocenters. The second-order valence-corrected chi connectivity index (χ2v) is 11.0. The van der Waals surface area contributed by atoms with Crippen molar-refractivity contribution in [2.75, 3.05) is 0 Å². The maximum absolute atomic E-state index is 14.5. The summed E-state index contributed by atoms with van der Waals surface area (Å²) in [6.07, 6.45) is 6.68. The molecule has 0 N–H and O–H groups in total. The lowest BCUT2D eigenvalue weighted by Gasteiger charge is -2.42. The second kappa shape index (κ2) is 9.16. The summed E-state index contributed by atoms with van der Waals surface area (Å²) in [5, 5.41) is 0.768. The first kappa shape index (κ1) is 22.4. The van der Waals surface area contributed by atoms with Gasteiger partial charge in [-0.1, -0.05) is 103 Å². The first-order valence-corrected chi connectivity index (χ1v) is 13.6. The predicted molar refractivity (Wildman–Crippen MR) is 144 cm³/mol. The van der Waals surface area contributed by atoms with Crippen LogP contribution >= 0.6 is 11.8 Å². The summed E-state index contributed by atoms with van der Waals surface area (Å²) in [6, 6.07) is 27.2. The van der Waals surface area contributed by atoms with Crippen molar-refractivity contribution in [2.45, 2.75) is 61.8 Å². The smallest absolute Gasteiger partial charge is 0.263 e. The minimum absolute atomic E-state index is 0.109. The highest BCUT2D eigenvalue weighted by atomic mass is 32.2. The van der Waals surface area contributed by atoms with Crippen LogP contribution in [-0.4, -0.2) is 9.55 Å². The first-order chi connectivity index (χ1) is 17.1. The van der Waals surface area contributed by atoms with Crippen molar-refractivity contribution in [3.63, 3.8) is 0 Å². The zero-order chi connectivity index (χ0) is 23.8. The fourth-order valence-electron chi connectivity index (χ4n) is 6.04. The summed E-state index contributed by atoms with van der Waals surface area (Å²) in [5.74, 6) is 0.770. The lowest BCUT2D eigenvalue weighted by Crippen LogP contribution is -2.42. The number of fused-ring (bicyclic) bond motifs is 4. The number of rotatable bonds is 4. The topological polar surface area (TPSA) is 34.9 Å². The zero-order valence-corrected chi connectivity index (χ0v) is 21.0. The number of nitrogens with zero attached hydrogens (tertiary/aromatic N) is 2. The van der Waals surface area contributed by atoms with Crippen LogP contribution in [0.3, 0.4) is 0 Å². The molecule has 2 aliphatic carbocycles. The van der Waals surface area contributed by atoms with E-state index >= 15 is 0 Å². The molecule has 0 saturated heterocycles. The van der Waals surface area contributed by atoms with E-state index in [4.69, 9.17) is 4.98 Å². The molecule has 0 radical (unpaired) electrons. The molecule has 1 heterocycles. The van der Waals surface area contributed by atoms with Gasteiger partial charge in [0.15, 0.2) is 5.16 Å². The van der Waals surface area contributed by atoms with Crippen molar-refractivity contribution in [1.29, 1.82) is 0 Å². The van der Waals surface area contributed by atoms with Gasteiger partial charge in [0.25, 0.3) is 5.56 Å². The third-order valence-corrected chi connectivity index (χ3v) is 8.67. The van der Waals surface area contributed by atoms with Crippen LogP contribution in [0, 0.1) is 6.92 Å². The SMILES string of the molecule is Cc1cccc(CSc2nc3c(c(=O)n2-c2ccccc2)C2(CCCCC2)Cc2ccccc2-3)c1. The van der Waals surface area contributed by atoms with E-state index in [2.05, 4.69) is 55.5 Å². The Labute approximate surface area is 211 Å². The summed E-state index contributed by atoms with van der Waals surface area (Å²) in [7, 11) is 0. The van der Waals surface area contributed by atoms with Crippen molar-refractivity contribution in [2.24, 2.45) is 0 Å². The Hall–Kier alpha value is -3.11. The van der Waals surface area contributed by atoms with Gasteiger partial charge in [-0.3, -0.25) is 9.36 Å². The predicted octanol–water partition coefficient (Wildman–Crippen LogP) is 7.26. The van der Waals surface area contributed by atoms with Crippen LogP contribution in [0.25, 0.3) is 16.9 Å². The number of para-hydroxylation sites is 1. The Balaban J connectivity index is 1.57. The third kappa shape index (κ3) is 4.04. The fraction of sp³-hybridized carbons (Fsp3) is 0.290. The van der Waals surface area contributed by atoms with Gasteiger partial charge in [-0.25, -0.2) is 4.98 Å². The second-order valence-electron chi connectivity index (χ2n) is 10.0. The highest BCUT2D eigenvalue weighted by Gasteiger charge is 2.43. The average Bonchev–Trinajstić information content (AvgIpc) is 2.88. The fourth-order valence-corrected chi connectivity index (χ4v) is 6.99. The Morgan fingerprint density at radius 1 is 0.914 bits per heavy atom. The Morgan fingerprint density at radius 3 is 2.49 bits per heavy atom. The van der Waals surface area contributed by atoms with Gasteiger partial charge in [0.2, 0.25) is 0 Å². The molecule has 6 rings (SSSR count). The largest absolute Gasteiger partial charge is 0.268 e. The molecule has 3 aromatic carbocycles. The summed E-state index contributed by atoms with van der Waals surface area (Å²) in [4.78, 5) is 19.8. The van der Waals surface area contributed by atoms with Gasteiger partial charge in [0, 0.05) is 16.7 Å². The quantitative estimate of drug-likeness (QED) is 0.229. The molecule has 1 aromatic heterocycles. The maximum atomic E-state index is 14.5. The minimum atomic E-state index is -0.109. The van der Waals surface area contributed by atoms with Gasteiger partial charge in [-0.05, 0) is 49.4 Å². The first-order valence-electron chi connectivity index (χ1n) is 12.6. The standard InChI is InChI=1S/C31H30N2OS/c1-22-11-10-12-23(19-22)21-35-30-32-28-26-16-7-6-13-24(26)20-31(17-8-3-9-18-31)27(28)29(34)33(30)25-14-4-2-5-15-25/h2,4-7,10-16,19H,3,8-9,17-18,20-21H2,1H3. The van der Waals surface area contributed by atoms with E-state index < -0.39 is 0 Å². The number of benzene rings is 3. The molecule has 0 amide bonds.